The number of rotatable bonds is 6. The Balaban J connectivity index is 1.66. The molecular formula is C16H22N4O2S. The van der Waals surface area contributed by atoms with Gasteiger partial charge in [0.2, 0.25) is 5.91 Å². The number of hydrogen-bond acceptors (Lipinski definition) is 5. The van der Waals surface area contributed by atoms with E-state index in [9.17, 15) is 4.79 Å². The van der Waals surface area contributed by atoms with Gasteiger partial charge in [0.05, 0.1) is 11.7 Å². The first-order valence-corrected chi connectivity index (χ1v) is 8.53. The van der Waals surface area contributed by atoms with Crippen molar-refractivity contribution in [3.8, 4) is 0 Å². The van der Waals surface area contributed by atoms with E-state index in [1.54, 1.807) is 0 Å². The van der Waals surface area contributed by atoms with E-state index >= 15 is 0 Å². The molecule has 0 fully saturated rings. The van der Waals surface area contributed by atoms with E-state index in [-0.39, 0.29) is 18.6 Å². The Bertz CT molecular complexity index is 667. The lowest BCUT2D eigenvalue weighted by Crippen LogP contribution is -2.43. The first-order valence-electron chi connectivity index (χ1n) is 7.71. The molecule has 23 heavy (non-hydrogen) atoms. The molecule has 2 aromatic rings. The lowest BCUT2D eigenvalue weighted by atomic mass is 10.2. The molecule has 1 N–H and O–H groups in total. The van der Waals surface area contributed by atoms with Crippen molar-refractivity contribution in [1.82, 2.24) is 20.0 Å². The van der Waals surface area contributed by atoms with Gasteiger partial charge in [-0.05, 0) is 25.1 Å². The van der Waals surface area contributed by atoms with Crippen LogP contribution in [0.1, 0.15) is 21.5 Å². The van der Waals surface area contributed by atoms with Crippen molar-refractivity contribution in [2.45, 2.75) is 26.1 Å². The van der Waals surface area contributed by atoms with Gasteiger partial charge < -0.3 is 10.1 Å². The Morgan fingerprint density at radius 3 is 3.09 bits per heavy atom. The highest BCUT2D eigenvalue weighted by atomic mass is 32.1. The number of nitrogens with one attached hydrogen (secondary N) is 1. The number of nitrogens with zero attached hydrogens (tertiary/aromatic N) is 3. The fourth-order valence-corrected chi connectivity index (χ4v) is 3.87. The van der Waals surface area contributed by atoms with Crippen molar-refractivity contribution in [1.29, 1.82) is 0 Å². The molecule has 1 aliphatic heterocycles. The van der Waals surface area contributed by atoms with Crippen LogP contribution in [0.5, 0.6) is 0 Å². The molecule has 2 aromatic heterocycles. The Labute approximate surface area is 140 Å². The summed E-state index contributed by atoms with van der Waals surface area (Å²) in [7, 11) is 1.52. The van der Waals surface area contributed by atoms with Gasteiger partial charge in [-0.25, -0.2) is 0 Å². The molecule has 0 saturated carbocycles. The summed E-state index contributed by atoms with van der Waals surface area (Å²) in [5, 5.41) is 7.34. The molecule has 0 saturated heterocycles. The summed E-state index contributed by atoms with van der Waals surface area (Å²) in [6.07, 6.45) is 1.83. The fraction of sp³-hybridized carbons (Fsp3) is 0.500. The average Bonchev–Trinajstić information content (AvgIpc) is 3.14. The number of ether oxygens (including phenoxy) is 1. The van der Waals surface area contributed by atoms with Crippen LogP contribution >= 0.6 is 11.3 Å². The molecule has 3 rings (SSSR count). The van der Waals surface area contributed by atoms with Gasteiger partial charge in [-0.15, -0.1) is 11.3 Å². The summed E-state index contributed by atoms with van der Waals surface area (Å²) >= 11 is 1.84. The predicted molar refractivity (Wildman–Crippen MR) is 89.3 cm³/mol. The number of fused-ring (bicyclic) bond motifs is 1. The smallest absolute Gasteiger partial charge is 0.246 e. The van der Waals surface area contributed by atoms with E-state index in [4.69, 9.17) is 4.74 Å². The minimum Gasteiger partial charge on any atom is -0.375 e. The SMILES string of the molecule is COCC(=O)NC[C@@H]1CN(Cc2ccc(C)s2)Cc2ccnn21. The van der Waals surface area contributed by atoms with Crippen LogP contribution < -0.4 is 5.32 Å². The van der Waals surface area contributed by atoms with Gasteiger partial charge in [0.15, 0.2) is 0 Å². The summed E-state index contributed by atoms with van der Waals surface area (Å²) in [6, 6.07) is 6.56. The first kappa shape index (κ1) is 16.2. The number of methoxy groups -OCH3 is 1. The third-order valence-corrected chi connectivity index (χ3v) is 4.92. The number of carbonyl (C=O) groups is 1. The lowest BCUT2D eigenvalue weighted by Gasteiger charge is -2.33. The number of amides is 1. The van der Waals surface area contributed by atoms with E-state index in [1.165, 1.54) is 22.6 Å². The van der Waals surface area contributed by atoms with Gasteiger partial charge in [-0.1, -0.05) is 0 Å². The van der Waals surface area contributed by atoms with Gasteiger partial charge in [0.1, 0.15) is 6.61 Å². The minimum absolute atomic E-state index is 0.0905. The zero-order chi connectivity index (χ0) is 16.2. The molecule has 0 aliphatic carbocycles. The zero-order valence-electron chi connectivity index (χ0n) is 13.5. The van der Waals surface area contributed by atoms with Crippen LogP contribution in [0.15, 0.2) is 24.4 Å². The van der Waals surface area contributed by atoms with Gasteiger partial charge in [-0.3, -0.25) is 14.4 Å². The second-order valence-corrected chi connectivity index (χ2v) is 7.21. The predicted octanol–water partition coefficient (Wildman–Crippen LogP) is 1.57. The van der Waals surface area contributed by atoms with Crippen LogP contribution in [0, 0.1) is 6.92 Å². The van der Waals surface area contributed by atoms with Crippen LogP contribution in [0.25, 0.3) is 0 Å². The Morgan fingerprint density at radius 1 is 1.48 bits per heavy atom. The molecule has 3 heterocycles. The molecule has 124 valence electrons. The first-order chi connectivity index (χ1) is 11.2. The van der Waals surface area contributed by atoms with E-state index in [0.717, 1.165) is 19.6 Å². The van der Waals surface area contributed by atoms with E-state index in [2.05, 4.69) is 40.4 Å². The maximum Gasteiger partial charge on any atom is 0.246 e. The summed E-state index contributed by atoms with van der Waals surface area (Å²) in [6.45, 7) is 5.49. The van der Waals surface area contributed by atoms with Gasteiger partial charge in [0, 0.05) is 49.2 Å². The Hall–Kier alpha value is -1.70. The highest BCUT2D eigenvalue weighted by Gasteiger charge is 2.26. The maximum absolute atomic E-state index is 11.6. The van der Waals surface area contributed by atoms with Gasteiger partial charge >= 0.3 is 0 Å². The summed E-state index contributed by atoms with van der Waals surface area (Å²) in [4.78, 5) is 16.8. The minimum atomic E-state index is -0.0905. The molecule has 0 bridgehead atoms. The van der Waals surface area contributed by atoms with Crippen molar-refractivity contribution < 1.29 is 9.53 Å². The lowest BCUT2D eigenvalue weighted by molar-refractivity contribution is -0.124. The monoisotopic (exact) mass is 334 g/mol. The number of carbonyl (C=O) groups excluding carboxylic acids is 1. The molecule has 1 aliphatic rings. The van der Waals surface area contributed by atoms with Crippen molar-refractivity contribution in [3.05, 3.63) is 39.8 Å². The van der Waals surface area contributed by atoms with E-state index in [0.29, 0.717) is 6.54 Å². The second-order valence-electron chi connectivity index (χ2n) is 5.84. The second kappa shape index (κ2) is 7.25. The van der Waals surface area contributed by atoms with E-state index < -0.39 is 0 Å². The van der Waals surface area contributed by atoms with Gasteiger partial charge in [0.25, 0.3) is 0 Å². The third kappa shape index (κ3) is 3.99. The standard InChI is InChI=1S/C16H22N4O2S/c1-12-3-4-15(23-12)10-19-8-13-5-6-18-20(13)14(9-19)7-17-16(21)11-22-2/h3-6,14H,7-11H2,1-2H3,(H,17,21)/t14-/m1/s1. The Kier molecular flexibility index (Phi) is 5.09. The fourth-order valence-electron chi connectivity index (χ4n) is 2.94. The third-order valence-electron chi connectivity index (χ3n) is 3.94. The molecule has 1 amide bonds. The van der Waals surface area contributed by atoms with Crippen LogP contribution in [-0.4, -0.2) is 47.4 Å². The van der Waals surface area contributed by atoms with Crippen LogP contribution in [0.3, 0.4) is 0 Å². The van der Waals surface area contributed by atoms with E-state index in [1.807, 2.05) is 22.2 Å². The molecule has 0 radical (unpaired) electrons. The largest absolute Gasteiger partial charge is 0.375 e. The maximum atomic E-state index is 11.6. The molecular weight excluding hydrogens is 312 g/mol. The van der Waals surface area contributed by atoms with Gasteiger partial charge in [-0.2, -0.15) is 5.10 Å². The summed E-state index contributed by atoms with van der Waals surface area (Å²) in [5.74, 6) is -0.0905. The van der Waals surface area contributed by atoms with Crippen molar-refractivity contribution in [2.75, 3.05) is 26.8 Å². The summed E-state index contributed by atoms with van der Waals surface area (Å²) in [5.41, 5.74) is 1.19. The highest BCUT2D eigenvalue weighted by molar-refractivity contribution is 7.11. The summed E-state index contributed by atoms with van der Waals surface area (Å²) < 4.78 is 6.89. The molecule has 0 aromatic carbocycles. The van der Waals surface area contributed by atoms with Crippen LogP contribution in [-0.2, 0) is 22.6 Å². The normalized spacial score (nSPS) is 17.9. The van der Waals surface area contributed by atoms with Crippen molar-refractivity contribution in [3.63, 3.8) is 0 Å². The Morgan fingerprint density at radius 2 is 2.35 bits per heavy atom. The quantitative estimate of drug-likeness (QED) is 0.871. The van der Waals surface area contributed by atoms with Crippen molar-refractivity contribution in [2.24, 2.45) is 0 Å². The highest BCUT2D eigenvalue weighted by Crippen LogP contribution is 2.24. The zero-order valence-corrected chi connectivity index (χ0v) is 14.3. The molecule has 7 heteroatoms. The molecule has 0 unspecified atom stereocenters. The van der Waals surface area contributed by atoms with Crippen LogP contribution in [0.4, 0.5) is 0 Å². The van der Waals surface area contributed by atoms with Crippen molar-refractivity contribution >= 4 is 17.2 Å². The van der Waals surface area contributed by atoms with Crippen LogP contribution in [0.2, 0.25) is 0 Å². The topological polar surface area (TPSA) is 59.4 Å². The molecule has 0 spiro atoms. The number of aromatic nitrogens is 2. The molecule has 6 nitrogen and oxygen atoms in total. The number of hydrogen-bond donors (Lipinski definition) is 1. The number of thiophene rings is 1. The molecule has 1 atom stereocenters. The average molecular weight is 334 g/mol. The number of aryl methyl sites for hydroxylation is 1.